The highest BCUT2D eigenvalue weighted by atomic mass is 16.4. The highest BCUT2D eigenvalue weighted by molar-refractivity contribution is 5.64. The first-order valence-electron chi connectivity index (χ1n) is 9.92. The molecule has 0 spiro atoms. The van der Waals surface area contributed by atoms with Crippen LogP contribution < -0.4 is 16.4 Å². The van der Waals surface area contributed by atoms with E-state index in [1.165, 1.54) is 0 Å². The van der Waals surface area contributed by atoms with Crippen molar-refractivity contribution in [2.24, 2.45) is 5.73 Å². The lowest BCUT2D eigenvalue weighted by molar-refractivity contribution is 0.0929. The van der Waals surface area contributed by atoms with E-state index < -0.39 is 17.7 Å². The van der Waals surface area contributed by atoms with Gasteiger partial charge in [-0.2, -0.15) is 0 Å². The molecule has 0 aromatic heterocycles. The quantitative estimate of drug-likeness (QED) is 0.361. The van der Waals surface area contributed by atoms with Crippen LogP contribution in [-0.4, -0.2) is 65.6 Å². The van der Waals surface area contributed by atoms with Crippen molar-refractivity contribution in [2.75, 3.05) is 32.7 Å². The minimum Gasteiger partial charge on any atom is -0.465 e. The standard InChI is InChI=1S/C22H30N4O4/c23-17-22(15-18-7-3-1-4-8-18,16-19-9-5-2-6-10-19)26(13-11-24-20(27)28)14-12-25-21(29)30/h1-10,24-25H,11-17,23H2,(H,27,28)(H,29,30). The Morgan fingerprint density at radius 3 is 1.53 bits per heavy atom. The largest absolute Gasteiger partial charge is 0.465 e. The van der Waals surface area contributed by atoms with Crippen LogP contribution in [0.3, 0.4) is 0 Å². The Morgan fingerprint density at radius 2 is 1.20 bits per heavy atom. The summed E-state index contributed by atoms with van der Waals surface area (Å²) >= 11 is 0. The van der Waals surface area contributed by atoms with Crippen molar-refractivity contribution in [3.63, 3.8) is 0 Å². The number of nitrogens with one attached hydrogen (secondary N) is 2. The molecule has 0 saturated carbocycles. The van der Waals surface area contributed by atoms with Crippen LogP contribution >= 0.6 is 0 Å². The molecular formula is C22H30N4O4. The van der Waals surface area contributed by atoms with Crippen molar-refractivity contribution in [1.29, 1.82) is 0 Å². The number of nitrogens with two attached hydrogens (primary N) is 1. The SMILES string of the molecule is NCC(Cc1ccccc1)(Cc1ccccc1)N(CCNC(=O)O)CCNC(=O)O. The molecule has 2 amide bonds. The lowest BCUT2D eigenvalue weighted by Crippen LogP contribution is -2.60. The molecule has 0 saturated heterocycles. The molecule has 8 heteroatoms. The molecule has 0 aliphatic heterocycles. The Hall–Kier alpha value is -3.10. The van der Waals surface area contributed by atoms with E-state index in [2.05, 4.69) is 15.5 Å². The van der Waals surface area contributed by atoms with E-state index in [-0.39, 0.29) is 13.1 Å². The van der Waals surface area contributed by atoms with Crippen molar-refractivity contribution in [2.45, 2.75) is 18.4 Å². The smallest absolute Gasteiger partial charge is 0.404 e. The third kappa shape index (κ3) is 7.38. The lowest BCUT2D eigenvalue weighted by Gasteiger charge is -2.44. The van der Waals surface area contributed by atoms with Gasteiger partial charge in [-0.25, -0.2) is 9.59 Å². The molecule has 6 N–H and O–H groups in total. The fraction of sp³-hybridized carbons (Fsp3) is 0.364. The Kier molecular flexibility index (Phi) is 9.11. The van der Waals surface area contributed by atoms with E-state index >= 15 is 0 Å². The minimum absolute atomic E-state index is 0.216. The second-order valence-corrected chi connectivity index (χ2v) is 7.20. The predicted molar refractivity (Wildman–Crippen MR) is 116 cm³/mol. The summed E-state index contributed by atoms with van der Waals surface area (Å²) in [6.07, 6.45) is -0.884. The van der Waals surface area contributed by atoms with Gasteiger partial charge in [0.05, 0.1) is 0 Å². The Balaban J connectivity index is 2.34. The monoisotopic (exact) mass is 414 g/mol. The number of carboxylic acid groups (broad SMARTS) is 2. The Labute approximate surface area is 176 Å². The average Bonchev–Trinajstić information content (AvgIpc) is 2.73. The van der Waals surface area contributed by atoms with Crippen molar-refractivity contribution in [1.82, 2.24) is 15.5 Å². The first-order valence-corrected chi connectivity index (χ1v) is 9.92. The molecule has 0 bridgehead atoms. The molecule has 2 rings (SSSR count). The van der Waals surface area contributed by atoms with E-state index in [0.717, 1.165) is 11.1 Å². The summed E-state index contributed by atoms with van der Waals surface area (Å²) in [7, 11) is 0. The normalized spacial score (nSPS) is 11.3. The van der Waals surface area contributed by atoms with Crippen LogP contribution in [-0.2, 0) is 12.8 Å². The molecule has 30 heavy (non-hydrogen) atoms. The summed E-state index contributed by atoms with van der Waals surface area (Å²) in [6.45, 7) is 1.58. The number of carbonyl (C=O) groups is 2. The van der Waals surface area contributed by atoms with Gasteiger partial charge in [0.2, 0.25) is 0 Å². The van der Waals surface area contributed by atoms with E-state index in [4.69, 9.17) is 15.9 Å². The molecule has 0 atom stereocenters. The summed E-state index contributed by atoms with van der Waals surface area (Å²) in [5.41, 5.74) is 8.07. The summed E-state index contributed by atoms with van der Waals surface area (Å²) in [6, 6.07) is 20.0. The van der Waals surface area contributed by atoms with Gasteiger partial charge in [0.25, 0.3) is 0 Å². The summed E-state index contributed by atoms with van der Waals surface area (Å²) in [4.78, 5) is 24.0. The van der Waals surface area contributed by atoms with Gasteiger partial charge in [0, 0.05) is 38.3 Å². The molecule has 0 unspecified atom stereocenters. The molecule has 162 valence electrons. The van der Waals surface area contributed by atoms with Gasteiger partial charge in [0.1, 0.15) is 0 Å². The van der Waals surface area contributed by atoms with Crippen LogP contribution in [0, 0.1) is 0 Å². The van der Waals surface area contributed by atoms with Crippen LogP contribution in [0.2, 0.25) is 0 Å². The van der Waals surface area contributed by atoms with Crippen LogP contribution in [0.5, 0.6) is 0 Å². The zero-order chi connectivity index (χ0) is 21.8. The van der Waals surface area contributed by atoms with E-state index in [0.29, 0.717) is 32.5 Å². The summed E-state index contributed by atoms with van der Waals surface area (Å²) < 4.78 is 0. The van der Waals surface area contributed by atoms with Gasteiger partial charge in [0.15, 0.2) is 0 Å². The third-order valence-corrected chi connectivity index (χ3v) is 5.12. The molecule has 0 aliphatic rings. The number of benzene rings is 2. The van der Waals surface area contributed by atoms with E-state index in [1.54, 1.807) is 0 Å². The number of rotatable bonds is 12. The Morgan fingerprint density at radius 1 is 0.800 bits per heavy atom. The molecule has 0 heterocycles. The van der Waals surface area contributed by atoms with Crippen molar-refractivity contribution >= 4 is 12.2 Å². The maximum absolute atomic E-state index is 10.9. The number of amides is 2. The van der Waals surface area contributed by atoms with Crippen molar-refractivity contribution in [3.05, 3.63) is 71.8 Å². The van der Waals surface area contributed by atoms with Gasteiger partial charge in [-0.3, -0.25) is 4.90 Å². The fourth-order valence-corrected chi connectivity index (χ4v) is 3.69. The first-order chi connectivity index (χ1) is 14.4. The van der Waals surface area contributed by atoms with Crippen molar-refractivity contribution in [3.8, 4) is 0 Å². The van der Waals surface area contributed by atoms with Crippen molar-refractivity contribution < 1.29 is 19.8 Å². The molecule has 0 fully saturated rings. The van der Waals surface area contributed by atoms with Crippen LogP contribution in [0.25, 0.3) is 0 Å². The van der Waals surface area contributed by atoms with E-state index in [1.807, 2.05) is 60.7 Å². The molecule has 0 radical (unpaired) electrons. The molecule has 0 aliphatic carbocycles. The number of nitrogens with zero attached hydrogens (tertiary/aromatic N) is 1. The summed E-state index contributed by atoms with van der Waals surface area (Å²) in [5.74, 6) is 0. The van der Waals surface area contributed by atoms with Crippen LogP contribution in [0.15, 0.2) is 60.7 Å². The number of hydrogen-bond donors (Lipinski definition) is 5. The zero-order valence-corrected chi connectivity index (χ0v) is 17.0. The lowest BCUT2D eigenvalue weighted by atomic mass is 9.82. The predicted octanol–water partition coefficient (Wildman–Crippen LogP) is 2.01. The highest BCUT2D eigenvalue weighted by Gasteiger charge is 2.35. The van der Waals surface area contributed by atoms with Crippen LogP contribution in [0.4, 0.5) is 9.59 Å². The van der Waals surface area contributed by atoms with Crippen LogP contribution in [0.1, 0.15) is 11.1 Å². The molecular weight excluding hydrogens is 384 g/mol. The van der Waals surface area contributed by atoms with Gasteiger partial charge >= 0.3 is 12.2 Å². The second-order valence-electron chi connectivity index (χ2n) is 7.20. The first kappa shape index (κ1) is 23.2. The maximum Gasteiger partial charge on any atom is 0.404 e. The molecule has 8 nitrogen and oxygen atoms in total. The number of hydrogen-bond acceptors (Lipinski definition) is 4. The van der Waals surface area contributed by atoms with Gasteiger partial charge < -0.3 is 26.6 Å². The zero-order valence-electron chi connectivity index (χ0n) is 17.0. The van der Waals surface area contributed by atoms with Gasteiger partial charge in [-0.1, -0.05) is 60.7 Å². The highest BCUT2D eigenvalue weighted by Crippen LogP contribution is 2.25. The topological polar surface area (TPSA) is 128 Å². The van der Waals surface area contributed by atoms with Gasteiger partial charge in [-0.15, -0.1) is 0 Å². The average molecular weight is 415 g/mol. The third-order valence-electron chi connectivity index (χ3n) is 5.12. The fourth-order valence-electron chi connectivity index (χ4n) is 3.69. The summed E-state index contributed by atoms with van der Waals surface area (Å²) in [5, 5.41) is 22.7. The molecule has 2 aromatic rings. The second kappa shape index (κ2) is 11.8. The van der Waals surface area contributed by atoms with Gasteiger partial charge in [-0.05, 0) is 24.0 Å². The Bertz CT molecular complexity index is 725. The van der Waals surface area contributed by atoms with E-state index in [9.17, 15) is 9.59 Å². The maximum atomic E-state index is 10.9. The minimum atomic E-state index is -1.09. The molecule has 2 aromatic carbocycles.